The van der Waals surface area contributed by atoms with E-state index in [1.165, 1.54) is 0 Å². The Hall–Kier alpha value is -3.53. The van der Waals surface area contributed by atoms with Crippen LogP contribution in [0.2, 0.25) is 0 Å². The lowest BCUT2D eigenvalue weighted by Gasteiger charge is -2.37. The average Bonchev–Trinajstić information content (AvgIpc) is 2.91. The van der Waals surface area contributed by atoms with E-state index >= 15 is 0 Å². The van der Waals surface area contributed by atoms with Crippen LogP contribution < -0.4 is 25.4 Å². The van der Waals surface area contributed by atoms with Gasteiger partial charge in [-0.25, -0.2) is 0 Å². The molecule has 1 amide bonds. The van der Waals surface area contributed by atoms with Crippen LogP contribution >= 0.6 is 0 Å². The second-order valence-corrected chi connectivity index (χ2v) is 10.5. The highest BCUT2D eigenvalue weighted by atomic mass is 16.5. The monoisotopic (exact) mass is 546 g/mol. The summed E-state index contributed by atoms with van der Waals surface area (Å²) < 4.78 is 12.1. The van der Waals surface area contributed by atoms with Gasteiger partial charge in [0.1, 0.15) is 18.1 Å². The highest BCUT2D eigenvalue weighted by Crippen LogP contribution is 2.24. The summed E-state index contributed by atoms with van der Waals surface area (Å²) >= 11 is 0. The van der Waals surface area contributed by atoms with Crippen molar-refractivity contribution in [2.75, 3.05) is 65.6 Å². The molecule has 2 aliphatic rings. The molecule has 0 atom stereocenters. The number of hydrogen-bond donors (Lipinski definition) is 3. The van der Waals surface area contributed by atoms with E-state index in [2.05, 4.69) is 37.4 Å². The van der Waals surface area contributed by atoms with Gasteiger partial charge in [-0.15, -0.1) is 0 Å². The summed E-state index contributed by atoms with van der Waals surface area (Å²) in [5.74, 6) is 2.43. The fourth-order valence-corrected chi connectivity index (χ4v) is 4.54. The number of pyridine rings is 1. The van der Waals surface area contributed by atoms with Gasteiger partial charge in [-0.2, -0.15) is 0 Å². The fraction of sp³-hybridized carbons (Fsp3) is 0.452. The predicted molar refractivity (Wildman–Crippen MR) is 159 cm³/mol. The minimum Gasteiger partial charge on any atom is -0.493 e. The Bertz CT molecular complexity index is 1130. The van der Waals surface area contributed by atoms with Crippen molar-refractivity contribution in [3.8, 4) is 11.5 Å². The Kier molecular flexibility index (Phi) is 11.7. The van der Waals surface area contributed by atoms with E-state index in [4.69, 9.17) is 9.47 Å². The third-order valence-electron chi connectivity index (χ3n) is 6.98. The number of allylic oxidation sites excluding steroid dienone is 1. The van der Waals surface area contributed by atoms with Crippen LogP contribution in [0.3, 0.4) is 0 Å². The first-order valence-corrected chi connectivity index (χ1v) is 14.1. The van der Waals surface area contributed by atoms with E-state index in [9.17, 15) is 4.79 Å². The minimum absolute atomic E-state index is 0.136. The van der Waals surface area contributed by atoms with Crippen molar-refractivity contribution in [3.05, 3.63) is 78.3 Å². The Morgan fingerprint density at radius 3 is 2.40 bits per heavy atom. The number of hydrogen-bond acceptors (Lipinski definition) is 8. The van der Waals surface area contributed by atoms with Crippen molar-refractivity contribution in [2.24, 2.45) is 16.8 Å². The lowest BCUT2D eigenvalue weighted by molar-refractivity contribution is 0.0939. The number of aliphatic imine (C=N–C) groups is 1. The summed E-state index contributed by atoms with van der Waals surface area (Å²) in [5, 5.41) is 9.83. The minimum atomic E-state index is -0.136. The van der Waals surface area contributed by atoms with Crippen LogP contribution in [0.5, 0.6) is 11.5 Å². The highest BCUT2D eigenvalue weighted by Gasteiger charge is 2.24. The quantitative estimate of drug-likeness (QED) is 0.262. The number of carbonyl (C=O) groups is 1. The van der Waals surface area contributed by atoms with Crippen molar-refractivity contribution in [1.82, 2.24) is 25.8 Å². The van der Waals surface area contributed by atoms with Gasteiger partial charge in [0.05, 0.1) is 6.61 Å². The average molecular weight is 547 g/mol. The zero-order valence-electron chi connectivity index (χ0n) is 23.5. The standard InChI is InChI=1S/C31H42N6O3/c1-3-7-33-16-24(2)23-40-30-14-28(13-29(15-30)39-12-6-25-4-8-32-9-5-25)31(38)36-10-11-37(21-26-17-34-18-26)22-27-19-35-20-27/h3-5,7-9,13-16,26-27,34-35H,1,6,10-12,17-23H2,2H3,(H,36,38)/b24-16+,33-7?. The number of nitrogens with one attached hydrogen (secondary N) is 3. The van der Waals surface area contributed by atoms with Crippen LogP contribution in [-0.4, -0.2) is 87.6 Å². The van der Waals surface area contributed by atoms with Crippen LogP contribution in [0.4, 0.5) is 0 Å². The first-order valence-electron chi connectivity index (χ1n) is 14.1. The van der Waals surface area contributed by atoms with Crippen molar-refractivity contribution < 1.29 is 14.3 Å². The van der Waals surface area contributed by atoms with Crippen molar-refractivity contribution in [2.45, 2.75) is 13.3 Å². The molecule has 1 aromatic carbocycles. The van der Waals surface area contributed by atoms with Crippen molar-refractivity contribution in [3.63, 3.8) is 0 Å². The molecule has 1 aromatic heterocycles. The van der Waals surface area contributed by atoms with Gasteiger partial charge in [-0.3, -0.25) is 14.8 Å². The second-order valence-electron chi connectivity index (χ2n) is 10.5. The molecule has 0 saturated carbocycles. The van der Waals surface area contributed by atoms with Crippen LogP contribution in [0.1, 0.15) is 22.8 Å². The fourth-order valence-electron chi connectivity index (χ4n) is 4.54. The molecule has 2 aliphatic heterocycles. The highest BCUT2D eigenvalue weighted by molar-refractivity contribution is 5.95. The molecule has 40 heavy (non-hydrogen) atoms. The van der Waals surface area contributed by atoms with Gasteiger partial charge in [0.15, 0.2) is 0 Å². The normalized spacial score (nSPS) is 16.0. The van der Waals surface area contributed by atoms with Gasteiger partial charge in [0.2, 0.25) is 0 Å². The Morgan fingerprint density at radius 2 is 1.77 bits per heavy atom. The van der Waals surface area contributed by atoms with E-state index in [0.717, 1.165) is 63.4 Å². The third kappa shape index (κ3) is 9.89. The lowest BCUT2D eigenvalue weighted by Crippen LogP contribution is -2.53. The SMILES string of the molecule is C=CC=N/C=C(\C)COc1cc(OCCc2ccncc2)cc(C(=O)NCCN(CC2CNC2)CC2CNC2)c1. The van der Waals surface area contributed by atoms with Gasteiger partial charge in [-0.05, 0) is 54.2 Å². The van der Waals surface area contributed by atoms with Gasteiger partial charge >= 0.3 is 0 Å². The molecular formula is C31H42N6O3. The van der Waals surface area contributed by atoms with Gasteiger partial charge in [0, 0.05) is 95.2 Å². The van der Waals surface area contributed by atoms with Crippen molar-refractivity contribution in [1.29, 1.82) is 0 Å². The molecular weight excluding hydrogens is 504 g/mol. The summed E-state index contributed by atoms with van der Waals surface area (Å²) in [5.41, 5.74) is 2.60. The summed E-state index contributed by atoms with van der Waals surface area (Å²) in [6.45, 7) is 14.3. The Labute approximate surface area is 237 Å². The Morgan fingerprint density at radius 1 is 1.10 bits per heavy atom. The molecule has 2 saturated heterocycles. The van der Waals surface area contributed by atoms with Crippen LogP contribution in [-0.2, 0) is 6.42 Å². The maximum atomic E-state index is 13.2. The van der Waals surface area contributed by atoms with E-state index in [1.54, 1.807) is 43.0 Å². The maximum absolute atomic E-state index is 13.2. The number of carbonyl (C=O) groups excluding carboxylic acids is 1. The molecule has 9 heteroatoms. The first-order chi connectivity index (χ1) is 19.6. The van der Waals surface area contributed by atoms with Crippen molar-refractivity contribution >= 4 is 12.1 Å². The number of ether oxygens (including phenoxy) is 2. The van der Waals surface area contributed by atoms with E-state index in [-0.39, 0.29) is 5.91 Å². The van der Waals surface area contributed by atoms with Gasteiger partial charge in [0.25, 0.3) is 5.91 Å². The van der Waals surface area contributed by atoms with E-state index in [1.807, 2.05) is 25.1 Å². The number of amides is 1. The summed E-state index contributed by atoms with van der Waals surface area (Å²) in [4.78, 5) is 23.9. The van der Waals surface area contributed by atoms with Crippen LogP contribution in [0.15, 0.2) is 72.1 Å². The molecule has 0 unspecified atom stereocenters. The lowest BCUT2D eigenvalue weighted by atomic mass is 9.99. The maximum Gasteiger partial charge on any atom is 0.251 e. The zero-order chi connectivity index (χ0) is 28.0. The topological polar surface area (TPSA) is 100 Å². The van der Waals surface area contributed by atoms with E-state index in [0.29, 0.717) is 48.7 Å². The van der Waals surface area contributed by atoms with Gasteiger partial charge in [-0.1, -0.05) is 12.7 Å². The largest absolute Gasteiger partial charge is 0.493 e. The van der Waals surface area contributed by atoms with Crippen LogP contribution in [0.25, 0.3) is 0 Å². The Balaban J connectivity index is 1.36. The molecule has 0 aliphatic carbocycles. The summed E-state index contributed by atoms with van der Waals surface area (Å²) in [7, 11) is 0. The van der Waals surface area contributed by atoms with Gasteiger partial charge < -0.3 is 30.3 Å². The number of aromatic nitrogens is 1. The smallest absolute Gasteiger partial charge is 0.251 e. The molecule has 3 heterocycles. The molecule has 0 radical (unpaired) electrons. The number of benzene rings is 1. The molecule has 9 nitrogen and oxygen atoms in total. The molecule has 3 N–H and O–H groups in total. The summed E-state index contributed by atoms with van der Waals surface area (Å²) in [6.07, 6.45) is 9.26. The molecule has 2 aromatic rings. The molecule has 2 fully saturated rings. The predicted octanol–water partition coefficient (Wildman–Crippen LogP) is 2.71. The number of nitrogens with zero attached hydrogens (tertiary/aromatic N) is 3. The first kappa shape index (κ1) is 29.5. The molecule has 0 bridgehead atoms. The second kappa shape index (κ2) is 15.9. The summed E-state index contributed by atoms with van der Waals surface area (Å²) in [6, 6.07) is 9.31. The zero-order valence-corrected chi connectivity index (χ0v) is 23.5. The van der Waals surface area contributed by atoms with E-state index < -0.39 is 0 Å². The molecule has 4 rings (SSSR count). The van der Waals surface area contributed by atoms with Crippen LogP contribution in [0, 0.1) is 11.8 Å². The molecule has 214 valence electrons. The number of rotatable bonds is 17. The molecule has 0 spiro atoms. The third-order valence-corrected chi connectivity index (χ3v) is 6.98.